The monoisotopic (exact) mass is 391 g/mol. The minimum Gasteiger partial charge on any atom is -0.306 e. The average Bonchev–Trinajstić information content (AvgIpc) is 3.09. The van der Waals surface area contributed by atoms with Crippen LogP contribution >= 0.6 is 0 Å². The van der Waals surface area contributed by atoms with Crippen LogP contribution in [0, 0.1) is 13.8 Å². The van der Waals surface area contributed by atoms with E-state index in [1.807, 2.05) is 79.2 Å². The topological polar surface area (TPSA) is 63.5 Å². The highest BCUT2D eigenvalue weighted by Gasteiger charge is 2.12. The Morgan fingerprint density at radius 3 is 2.36 bits per heavy atom. The minimum atomic E-state index is -3.47. The first kappa shape index (κ1) is 18.3. The lowest BCUT2D eigenvalue weighted by molar-refractivity contribution is 0.600. The van der Waals surface area contributed by atoms with Crippen molar-refractivity contribution >= 4 is 21.4 Å². The second kappa shape index (κ2) is 7.13. The SMILES string of the molecule is Cc1ccc(CS(=O)(=O)Nc2ccc(-c3cn4cccc(C)c4n3)cc2)cc1. The molecule has 0 amide bonds. The molecule has 0 unspecified atom stereocenters. The van der Waals surface area contributed by atoms with Crippen LogP contribution in [0.3, 0.4) is 0 Å². The molecule has 142 valence electrons. The number of sulfonamides is 1. The number of pyridine rings is 1. The summed E-state index contributed by atoms with van der Waals surface area (Å²) in [5, 5.41) is 0. The van der Waals surface area contributed by atoms with Gasteiger partial charge in [-0.3, -0.25) is 4.72 Å². The van der Waals surface area contributed by atoms with Crippen molar-refractivity contribution in [3.05, 3.63) is 89.7 Å². The average molecular weight is 391 g/mol. The van der Waals surface area contributed by atoms with Crippen LogP contribution in [-0.4, -0.2) is 17.8 Å². The molecule has 0 spiro atoms. The van der Waals surface area contributed by atoms with Gasteiger partial charge in [0.05, 0.1) is 11.4 Å². The quantitative estimate of drug-likeness (QED) is 0.542. The number of imidazole rings is 1. The van der Waals surface area contributed by atoms with Gasteiger partial charge in [-0.05, 0) is 43.2 Å². The molecule has 2 aromatic carbocycles. The molecule has 0 bridgehead atoms. The zero-order valence-electron chi connectivity index (χ0n) is 15.8. The van der Waals surface area contributed by atoms with Gasteiger partial charge in [-0.25, -0.2) is 13.4 Å². The molecule has 4 rings (SSSR count). The third-order valence-corrected chi connectivity index (χ3v) is 5.87. The van der Waals surface area contributed by atoms with Gasteiger partial charge < -0.3 is 4.40 Å². The maximum atomic E-state index is 12.4. The molecule has 0 aliphatic carbocycles. The van der Waals surface area contributed by atoms with Crippen LogP contribution in [0.15, 0.2) is 73.1 Å². The highest BCUT2D eigenvalue weighted by Crippen LogP contribution is 2.23. The first-order chi connectivity index (χ1) is 13.4. The van der Waals surface area contributed by atoms with Crippen LogP contribution in [0.2, 0.25) is 0 Å². The lowest BCUT2D eigenvalue weighted by Crippen LogP contribution is -2.15. The summed E-state index contributed by atoms with van der Waals surface area (Å²) in [6.07, 6.45) is 3.94. The minimum absolute atomic E-state index is 0.0548. The zero-order valence-corrected chi connectivity index (χ0v) is 16.6. The van der Waals surface area contributed by atoms with Crippen LogP contribution in [0.1, 0.15) is 16.7 Å². The first-order valence-electron chi connectivity index (χ1n) is 9.00. The third-order valence-electron chi connectivity index (χ3n) is 4.61. The Kier molecular flexibility index (Phi) is 4.65. The highest BCUT2D eigenvalue weighted by molar-refractivity contribution is 7.91. The Labute approximate surface area is 164 Å². The van der Waals surface area contributed by atoms with E-state index in [9.17, 15) is 8.42 Å². The van der Waals surface area contributed by atoms with Gasteiger partial charge in [-0.2, -0.15) is 0 Å². The highest BCUT2D eigenvalue weighted by atomic mass is 32.2. The summed E-state index contributed by atoms with van der Waals surface area (Å²) in [6, 6.07) is 18.8. The molecular formula is C22H21N3O2S. The number of hydrogen-bond acceptors (Lipinski definition) is 3. The molecule has 1 N–H and O–H groups in total. The summed E-state index contributed by atoms with van der Waals surface area (Å²) in [6.45, 7) is 4.00. The van der Waals surface area contributed by atoms with Gasteiger partial charge in [-0.15, -0.1) is 0 Å². The molecule has 0 fully saturated rings. The molecule has 28 heavy (non-hydrogen) atoms. The Bertz CT molecular complexity index is 1230. The summed E-state index contributed by atoms with van der Waals surface area (Å²) < 4.78 is 29.5. The molecule has 4 aromatic rings. The van der Waals surface area contributed by atoms with E-state index in [4.69, 9.17) is 0 Å². The van der Waals surface area contributed by atoms with Gasteiger partial charge in [0.15, 0.2) is 0 Å². The number of nitrogens with one attached hydrogen (secondary N) is 1. The van der Waals surface area contributed by atoms with Crippen molar-refractivity contribution in [2.75, 3.05) is 4.72 Å². The van der Waals surface area contributed by atoms with Crippen molar-refractivity contribution in [2.45, 2.75) is 19.6 Å². The second-order valence-electron chi connectivity index (χ2n) is 6.97. The van der Waals surface area contributed by atoms with E-state index in [2.05, 4.69) is 9.71 Å². The van der Waals surface area contributed by atoms with E-state index in [1.165, 1.54) is 0 Å². The Hall–Kier alpha value is -3.12. The van der Waals surface area contributed by atoms with E-state index < -0.39 is 10.0 Å². The number of hydrogen-bond donors (Lipinski definition) is 1. The fourth-order valence-electron chi connectivity index (χ4n) is 3.12. The summed E-state index contributed by atoms with van der Waals surface area (Å²) in [5.41, 5.74) is 6.21. The van der Waals surface area contributed by atoms with E-state index in [0.717, 1.165) is 33.6 Å². The maximum absolute atomic E-state index is 12.4. The normalized spacial score (nSPS) is 11.6. The van der Waals surface area contributed by atoms with Crippen molar-refractivity contribution in [1.29, 1.82) is 0 Å². The van der Waals surface area contributed by atoms with E-state index >= 15 is 0 Å². The predicted molar refractivity (Wildman–Crippen MR) is 113 cm³/mol. The van der Waals surface area contributed by atoms with Crippen molar-refractivity contribution in [3.8, 4) is 11.3 Å². The summed E-state index contributed by atoms with van der Waals surface area (Å²) in [7, 11) is -3.47. The van der Waals surface area contributed by atoms with Crippen LogP contribution in [-0.2, 0) is 15.8 Å². The number of aryl methyl sites for hydroxylation is 2. The largest absolute Gasteiger partial charge is 0.306 e. The molecular weight excluding hydrogens is 370 g/mol. The lowest BCUT2D eigenvalue weighted by atomic mass is 10.1. The number of fused-ring (bicyclic) bond motifs is 1. The lowest BCUT2D eigenvalue weighted by Gasteiger charge is -2.09. The van der Waals surface area contributed by atoms with Crippen LogP contribution in [0.5, 0.6) is 0 Å². The molecule has 0 atom stereocenters. The number of rotatable bonds is 5. The zero-order chi connectivity index (χ0) is 19.7. The smallest absolute Gasteiger partial charge is 0.236 e. The molecule has 0 aliphatic heterocycles. The molecule has 0 aliphatic rings. The van der Waals surface area contributed by atoms with Crippen molar-refractivity contribution in [3.63, 3.8) is 0 Å². The van der Waals surface area contributed by atoms with Gasteiger partial charge >= 0.3 is 0 Å². The predicted octanol–water partition coefficient (Wildman–Crippen LogP) is 4.56. The maximum Gasteiger partial charge on any atom is 0.236 e. The molecule has 2 aromatic heterocycles. The van der Waals surface area contributed by atoms with E-state index in [0.29, 0.717) is 5.69 Å². The van der Waals surface area contributed by atoms with Gasteiger partial charge in [0, 0.05) is 23.6 Å². The Balaban J connectivity index is 1.52. The number of nitrogens with zero attached hydrogens (tertiary/aromatic N) is 2. The fraction of sp³-hybridized carbons (Fsp3) is 0.136. The number of anilines is 1. The molecule has 5 nitrogen and oxygen atoms in total. The van der Waals surface area contributed by atoms with Crippen LogP contribution in [0.25, 0.3) is 16.9 Å². The Morgan fingerprint density at radius 2 is 1.68 bits per heavy atom. The van der Waals surface area contributed by atoms with Gasteiger partial charge in [0.2, 0.25) is 10.0 Å². The van der Waals surface area contributed by atoms with Crippen molar-refractivity contribution in [1.82, 2.24) is 9.38 Å². The summed E-state index contributed by atoms with van der Waals surface area (Å²) in [5.74, 6) is -0.0548. The third kappa shape index (κ3) is 3.92. The molecule has 0 saturated carbocycles. The van der Waals surface area contributed by atoms with Gasteiger partial charge in [0.25, 0.3) is 0 Å². The van der Waals surface area contributed by atoms with Crippen molar-refractivity contribution < 1.29 is 8.42 Å². The van der Waals surface area contributed by atoms with E-state index in [-0.39, 0.29) is 5.75 Å². The summed E-state index contributed by atoms with van der Waals surface area (Å²) >= 11 is 0. The standard InChI is InChI=1S/C22H21N3O2S/c1-16-5-7-18(8-6-16)15-28(26,27)24-20-11-9-19(10-12-20)21-14-25-13-3-4-17(2)22(25)23-21/h3-14,24H,15H2,1-2H3. The first-order valence-corrected chi connectivity index (χ1v) is 10.7. The number of aromatic nitrogens is 2. The van der Waals surface area contributed by atoms with E-state index in [1.54, 1.807) is 12.1 Å². The molecule has 0 radical (unpaired) electrons. The number of benzene rings is 2. The van der Waals surface area contributed by atoms with Crippen LogP contribution in [0.4, 0.5) is 5.69 Å². The van der Waals surface area contributed by atoms with Gasteiger partial charge in [0.1, 0.15) is 5.65 Å². The second-order valence-corrected chi connectivity index (χ2v) is 8.69. The van der Waals surface area contributed by atoms with Crippen LogP contribution < -0.4 is 4.72 Å². The summed E-state index contributed by atoms with van der Waals surface area (Å²) in [4.78, 5) is 4.67. The molecule has 2 heterocycles. The Morgan fingerprint density at radius 1 is 0.964 bits per heavy atom. The fourth-order valence-corrected chi connectivity index (χ4v) is 4.32. The molecule has 6 heteroatoms. The van der Waals surface area contributed by atoms with Crippen molar-refractivity contribution in [2.24, 2.45) is 0 Å². The van der Waals surface area contributed by atoms with Gasteiger partial charge in [-0.1, -0.05) is 48.0 Å². The molecule has 0 saturated heterocycles.